The van der Waals surface area contributed by atoms with Crippen LogP contribution in [0.2, 0.25) is 0 Å². The lowest BCUT2D eigenvalue weighted by molar-refractivity contribution is -0.139. The van der Waals surface area contributed by atoms with Gasteiger partial charge in [0.05, 0.1) is 0 Å². The van der Waals surface area contributed by atoms with E-state index >= 15 is 0 Å². The van der Waals surface area contributed by atoms with Gasteiger partial charge in [-0.3, -0.25) is 0 Å². The third-order valence-electron chi connectivity index (χ3n) is 3.34. The van der Waals surface area contributed by atoms with E-state index in [-0.39, 0.29) is 6.03 Å². The lowest BCUT2D eigenvalue weighted by Crippen LogP contribution is -2.47. The minimum Gasteiger partial charge on any atom is -0.480 e. The second-order valence-corrected chi connectivity index (χ2v) is 5.96. The van der Waals surface area contributed by atoms with Crippen LogP contribution in [-0.2, 0) is 4.79 Å². The monoisotopic (exact) mass is 274 g/mol. The Labute approximate surface area is 112 Å². The number of aliphatic carboxylic acids is 1. The van der Waals surface area contributed by atoms with Crippen LogP contribution in [0.25, 0.3) is 0 Å². The SMILES string of the molecule is CSCCC(NC(=O)N(C)CC1CC1C)C(=O)O. The first-order chi connectivity index (χ1) is 8.45. The maximum absolute atomic E-state index is 11.8. The van der Waals surface area contributed by atoms with Crippen molar-refractivity contribution < 1.29 is 14.7 Å². The van der Waals surface area contributed by atoms with Gasteiger partial charge in [-0.05, 0) is 36.7 Å². The van der Waals surface area contributed by atoms with Crippen molar-refractivity contribution in [2.45, 2.75) is 25.8 Å². The summed E-state index contributed by atoms with van der Waals surface area (Å²) in [4.78, 5) is 24.4. The highest BCUT2D eigenvalue weighted by atomic mass is 32.2. The molecule has 6 heteroatoms. The highest BCUT2D eigenvalue weighted by Gasteiger charge is 2.34. The van der Waals surface area contributed by atoms with Crippen molar-refractivity contribution in [1.82, 2.24) is 10.2 Å². The quantitative estimate of drug-likeness (QED) is 0.738. The fraction of sp³-hybridized carbons (Fsp3) is 0.833. The smallest absolute Gasteiger partial charge is 0.326 e. The summed E-state index contributed by atoms with van der Waals surface area (Å²) >= 11 is 1.58. The zero-order valence-electron chi connectivity index (χ0n) is 11.2. The minimum absolute atomic E-state index is 0.289. The van der Waals surface area contributed by atoms with E-state index in [2.05, 4.69) is 12.2 Å². The van der Waals surface area contributed by atoms with Gasteiger partial charge in [0.15, 0.2) is 0 Å². The third-order valence-corrected chi connectivity index (χ3v) is 3.98. The van der Waals surface area contributed by atoms with Crippen LogP contribution >= 0.6 is 11.8 Å². The number of thioether (sulfide) groups is 1. The fourth-order valence-electron chi connectivity index (χ4n) is 1.84. The van der Waals surface area contributed by atoms with Crippen LogP contribution in [0.15, 0.2) is 0 Å². The molecule has 0 spiro atoms. The molecule has 18 heavy (non-hydrogen) atoms. The van der Waals surface area contributed by atoms with E-state index in [1.165, 1.54) is 0 Å². The standard InChI is InChI=1S/C12H22N2O3S/c1-8-6-9(8)7-14(2)12(17)13-10(11(15)16)4-5-18-3/h8-10H,4-7H2,1-3H3,(H,13,17)(H,15,16). The topological polar surface area (TPSA) is 69.6 Å². The molecule has 1 aliphatic carbocycles. The highest BCUT2D eigenvalue weighted by molar-refractivity contribution is 7.98. The van der Waals surface area contributed by atoms with E-state index in [9.17, 15) is 9.59 Å². The minimum atomic E-state index is -0.967. The summed E-state index contributed by atoms with van der Waals surface area (Å²) in [5.41, 5.74) is 0. The summed E-state index contributed by atoms with van der Waals surface area (Å²) in [6.45, 7) is 2.87. The number of nitrogens with zero attached hydrogens (tertiary/aromatic N) is 1. The van der Waals surface area contributed by atoms with Gasteiger partial charge in [-0.2, -0.15) is 11.8 Å². The molecule has 5 nitrogen and oxygen atoms in total. The molecule has 1 rings (SSSR count). The molecule has 2 N–H and O–H groups in total. The van der Waals surface area contributed by atoms with Crippen LogP contribution < -0.4 is 5.32 Å². The molecule has 2 amide bonds. The van der Waals surface area contributed by atoms with Gasteiger partial charge < -0.3 is 15.3 Å². The zero-order chi connectivity index (χ0) is 13.7. The fourth-order valence-corrected chi connectivity index (χ4v) is 2.31. The molecule has 1 aliphatic rings. The predicted octanol–water partition coefficient (Wildman–Crippen LogP) is 1.49. The molecular formula is C12H22N2O3S. The van der Waals surface area contributed by atoms with Gasteiger partial charge in [-0.1, -0.05) is 6.92 Å². The molecule has 104 valence electrons. The zero-order valence-corrected chi connectivity index (χ0v) is 12.0. The maximum atomic E-state index is 11.8. The van der Waals surface area contributed by atoms with Crippen molar-refractivity contribution in [3.8, 4) is 0 Å². The molecule has 1 saturated carbocycles. The second-order valence-electron chi connectivity index (χ2n) is 4.98. The van der Waals surface area contributed by atoms with Crippen LogP contribution in [0.3, 0.4) is 0 Å². The van der Waals surface area contributed by atoms with Crippen molar-refractivity contribution in [2.75, 3.05) is 25.6 Å². The van der Waals surface area contributed by atoms with Crippen molar-refractivity contribution in [3.63, 3.8) is 0 Å². The average molecular weight is 274 g/mol. The third kappa shape index (κ3) is 4.76. The van der Waals surface area contributed by atoms with Gasteiger partial charge in [0.2, 0.25) is 0 Å². The number of carboxylic acids is 1. The summed E-state index contributed by atoms with van der Waals surface area (Å²) in [7, 11) is 1.72. The first-order valence-corrected chi connectivity index (χ1v) is 7.58. The first kappa shape index (κ1) is 15.1. The summed E-state index contributed by atoms with van der Waals surface area (Å²) in [5, 5.41) is 11.6. The Bertz CT molecular complexity index is 312. The molecule has 0 saturated heterocycles. The summed E-state index contributed by atoms with van der Waals surface area (Å²) in [6.07, 6.45) is 3.53. The molecule has 0 aliphatic heterocycles. The molecule has 3 atom stereocenters. The normalized spacial score (nSPS) is 23.3. The summed E-state index contributed by atoms with van der Waals surface area (Å²) < 4.78 is 0. The summed E-state index contributed by atoms with van der Waals surface area (Å²) in [6, 6.07) is -1.08. The van der Waals surface area contributed by atoms with Gasteiger partial charge in [0.1, 0.15) is 6.04 Å². The molecule has 0 heterocycles. The van der Waals surface area contributed by atoms with E-state index in [1.54, 1.807) is 23.7 Å². The van der Waals surface area contributed by atoms with E-state index in [0.29, 0.717) is 24.8 Å². The van der Waals surface area contributed by atoms with Gasteiger partial charge >= 0.3 is 12.0 Å². The number of carbonyl (C=O) groups is 2. The number of hydrogen-bond acceptors (Lipinski definition) is 3. The number of carbonyl (C=O) groups excluding carboxylic acids is 1. The number of hydrogen-bond donors (Lipinski definition) is 2. The Morgan fingerprint density at radius 1 is 1.56 bits per heavy atom. The first-order valence-electron chi connectivity index (χ1n) is 6.19. The number of amides is 2. The molecule has 0 aromatic heterocycles. The molecule has 0 aromatic rings. The van der Waals surface area contributed by atoms with E-state index in [0.717, 1.165) is 12.2 Å². The van der Waals surface area contributed by atoms with E-state index in [4.69, 9.17) is 5.11 Å². The second kappa shape index (κ2) is 6.87. The van der Waals surface area contributed by atoms with E-state index < -0.39 is 12.0 Å². The van der Waals surface area contributed by atoms with Crippen LogP contribution in [0.1, 0.15) is 19.8 Å². The van der Waals surface area contributed by atoms with Crippen molar-refractivity contribution in [1.29, 1.82) is 0 Å². The summed E-state index contributed by atoms with van der Waals surface area (Å²) in [5.74, 6) is 1.02. The van der Waals surface area contributed by atoms with Gasteiger partial charge in [-0.15, -0.1) is 0 Å². The number of nitrogens with one attached hydrogen (secondary N) is 1. The predicted molar refractivity (Wildman–Crippen MR) is 72.9 cm³/mol. The molecular weight excluding hydrogens is 252 g/mol. The van der Waals surface area contributed by atoms with E-state index in [1.807, 2.05) is 6.26 Å². The van der Waals surface area contributed by atoms with Crippen molar-refractivity contribution >= 4 is 23.8 Å². The maximum Gasteiger partial charge on any atom is 0.326 e. The number of rotatable bonds is 7. The van der Waals surface area contributed by atoms with Crippen LogP contribution in [0.4, 0.5) is 4.79 Å². The molecule has 0 bridgehead atoms. The Balaban J connectivity index is 2.36. The Kier molecular flexibility index (Phi) is 5.78. The largest absolute Gasteiger partial charge is 0.480 e. The van der Waals surface area contributed by atoms with Crippen LogP contribution in [0.5, 0.6) is 0 Å². The van der Waals surface area contributed by atoms with Crippen LogP contribution in [0, 0.1) is 11.8 Å². The van der Waals surface area contributed by atoms with Crippen molar-refractivity contribution in [2.24, 2.45) is 11.8 Å². The number of urea groups is 1. The Morgan fingerprint density at radius 3 is 2.61 bits per heavy atom. The average Bonchev–Trinajstić information content (AvgIpc) is 2.99. The molecule has 0 aromatic carbocycles. The Hall–Kier alpha value is -0.910. The highest BCUT2D eigenvalue weighted by Crippen LogP contribution is 2.37. The van der Waals surface area contributed by atoms with Gasteiger partial charge in [0.25, 0.3) is 0 Å². The van der Waals surface area contributed by atoms with Crippen molar-refractivity contribution in [3.05, 3.63) is 0 Å². The van der Waals surface area contributed by atoms with Gasteiger partial charge in [-0.25, -0.2) is 9.59 Å². The molecule has 3 unspecified atom stereocenters. The Morgan fingerprint density at radius 2 is 2.17 bits per heavy atom. The lowest BCUT2D eigenvalue weighted by Gasteiger charge is -2.21. The van der Waals surface area contributed by atoms with Crippen LogP contribution in [-0.4, -0.2) is 53.6 Å². The molecule has 1 fully saturated rings. The number of carboxylic acid groups (broad SMARTS) is 1. The van der Waals surface area contributed by atoms with Gasteiger partial charge in [0, 0.05) is 13.6 Å². The molecule has 0 radical (unpaired) electrons. The lowest BCUT2D eigenvalue weighted by atomic mass is 10.2.